The van der Waals surface area contributed by atoms with E-state index in [4.69, 9.17) is 11.6 Å². The highest BCUT2D eigenvalue weighted by molar-refractivity contribution is 7.98. The molecule has 0 unspecified atom stereocenters. The summed E-state index contributed by atoms with van der Waals surface area (Å²) in [6.07, 6.45) is 0.722. The van der Waals surface area contributed by atoms with Crippen LogP contribution in [0, 0.1) is 12.7 Å². The third-order valence-corrected chi connectivity index (χ3v) is 8.10. The molecule has 3 aromatic rings. The normalized spacial score (nSPS) is 11.3. The number of benzene rings is 3. The minimum absolute atomic E-state index is 0.100. The average molecular weight is 521 g/mol. The van der Waals surface area contributed by atoms with Crippen molar-refractivity contribution in [3.8, 4) is 0 Å². The number of anilines is 1. The summed E-state index contributed by atoms with van der Waals surface area (Å²) in [5, 5.41) is 3.17. The van der Waals surface area contributed by atoms with Crippen LogP contribution in [0.1, 0.15) is 17.5 Å². The van der Waals surface area contributed by atoms with Crippen molar-refractivity contribution in [2.75, 3.05) is 23.1 Å². The van der Waals surface area contributed by atoms with Gasteiger partial charge in [-0.05, 0) is 67.1 Å². The number of sulfonamides is 1. The second-order valence-electron chi connectivity index (χ2n) is 7.69. The first kappa shape index (κ1) is 26.1. The largest absolute Gasteiger partial charge is 0.354 e. The Hall–Kier alpha value is -2.55. The number of halogens is 2. The van der Waals surface area contributed by atoms with Crippen LogP contribution in [-0.2, 0) is 20.6 Å². The lowest BCUT2D eigenvalue weighted by Crippen LogP contribution is -2.41. The number of amides is 1. The number of hydrogen-bond donors (Lipinski definition) is 1. The fraction of sp³-hybridized carbons (Fsp3) is 0.240. The summed E-state index contributed by atoms with van der Waals surface area (Å²) in [4.78, 5) is 12.7. The van der Waals surface area contributed by atoms with Gasteiger partial charge in [0.2, 0.25) is 5.91 Å². The van der Waals surface area contributed by atoms with Crippen molar-refractivity contribution in [3.63, 3.8) is 0 Å². The van der Waals surface area contributed by atoms with Crippen LogP contribution in [0.2, 0.25) is 5.02 Å². The molecule has 0 aliphatic heterocycles. The predicted molar refractivity (Wildman–Crippen MR) is 137 cm³/mol. The molecular formula is C25H26ClFN2O3S2. The van der Waals surface area contributed by atoms with Crippen LogP contribution < -0.4 is 9.62 Å². The molecule has 1 N–H and O–H groups in total. The van der Waals surface area contributed by atoms with Crippen LogP contribution >= 0.6 is 23.4 Å². The molecule has 3 aromatic carbocycles. The quantitative estimate of drug-likeness (QED) is 0.343. The Labute approximate surface area is 209 Å². The van der Waals surface area contributed by atoms with Crippen LogP contribution in [0.3, 0.4) is 0 Å². The highest BCUT2D eigenvalue weighted by Gasteiger charge is 2.27. The maximum absolute atomic E-state index is 13.3. The minimum Gasteiger partial charge on any atom is -0.354 e. The smallest absolute Gasteiger partial charge is 0.264 e. The SMILES string of the molecule is Cc1ccc(S(=O)(=O)N(CC(=O)NCCCSCc2ccc(F)cc2)c2cccc(Cl)c2)cc1. The van der Waals surface area contributed by atoms with Crippen LogP contribution in [-0.4, -0.2) is 33.2 Å². The van der Waals surface area contributed by atoms with Crippen molar-refractivity contribution in [1.29, 1.82) is 0 Å². The third-order valence-electron chi connectivity index (χ3n) is 4.96. The number of thioether (sulfide) groups is 1. The summed E-state index contributed by atoms with van der Waals surface area (Å²) < 4.78 is 40.7. The molecule has 180 valence electrons. The molecule has 34 heavy (non-hydrogen) atoms. The zero-order valence-electron chi connectivity index (χ0n) is 18.7. The zero-order valence-corrected chi connectivity index (χ0v) is 21.1. The lowest BCUT2D eigenvalue weighted by atomic mass is 10.2. The molecule has 0 radical (unpaired) electrons. The molecule has 0 heterocycles. The Bertz CT molecular complexity index is 1200. The number of carbonyl (C=O) groups is 1. The second-order valence-corrected chi connectivity index (χ2v) is 11.1. The van der Waals surface area contributed by atoms with Crippen LogP contribution in [0.5, 0.6) is 0 Å². The molecule has 3 rings (SSSR count). The van der Waals surface area contributed by atoms with E-state index in [0.29, 0.717) is 17.3 Å². The molecule has 1 amide bonds. The van der Waals surface area contributed by atoms with Crippen molar-refractivity contribution >= 4 is 45.0 Å². The van der Waals surface area contributed by atoms with Crippen LogP contribution in [0.25, 0.3) is 0 Å². The second kappa shape index (κ2) is 12.2. The number of hydrogen-bond acceptors (Lipinski definition) is 4. The first-order valence-corrected chi connectivity index (χ1v) is 13.7. The molecule has 5 nitrogen and oxygen atoms in total. The summed E-state index contributed by atoms with van der Waals surface area (Å²) in [5.74, 6) is 0.898. The average Bonchev–Trinajstić information content (AvgIpc) is 2.81. The van der Waals surface area contributed by atoms with Gasteiger partial charge >= 0.3 is 0 Å². The van der Waals surface area contributed by atoms with Gasteiger partial charge in [-0.15, -0.1) is 0 Å². The number of carbonyl (C=O) groups excluding carboxylic acids is 1. The van der Waals surface area contributed by atoms with E-state index in [9.17, 15) is 17.6 Å². The molecule has 0 saturated carbocycles. The fourth-order valence-corrected chi connectivity index (χ4v) is 5.66. The van der Waals surface area contributed by atoms with E-state index in [1.807, 2.05) is 6.92 Å². The Kier molecular flexibility index (Phi) is 9.38. The van der Waals surface area contributed by atoms with Gasteiger partial charge in [0, 0.05) is 17.3 Å². The molecule has 0 saturated heterocycles. The zero-order chi connectivity index (χ0) is 24.6. The number of aryl methyl sites for hydroxylation is 1. The molecule has 0 aliphatic rings. The van der Waals surface area contributed by atoms with Crippen LogP contribution in [0.15, 0.2) is 77.7 Å². The van der Waals surface area contributed by atoms with Gasteiger partial charge in [0.25, 0.3) is 10.0 Å². The summed E-state index contributed by atoms with van der Waals surface area (Å²) in [6.45, 7) is 1.93. The van der Waals surface area contributed by atoms with E-state index >= 15 is 0 Å². The third kappa shape index (κ3) is 7.48. The van der Waals surface area contributed by atoms with Gasteiger partial charge in [-0.25, -0.2) is 12.8 Å². The van der Waals surface area contributed by atoms with E-state index in [1.165, 1.54) is 30.3 Å². The molecule has 0 spiro atoms. The molecule has 0 atom stereocenters. The lowest BCUT2D eigenvalue weighted by molar-refractivity contribution is -0.119. The van der Waals surface area contributed by atoms with Gasteiger partial charge < -0.3 is 5.32 Å². The van der Waals surface area contributed by atoms with Gasteiger partial charge in [0.1, 0.15) is 12.4 Å². The van der Waals surface area contributed by atoms with Crippen molar-refractivity contribution < 1.29 is 17.6 Å². The van der Waals surface area contributed by atoms with E-state index in [2.05, 4.69) is 5.32 Å². The predicted octanol–water partition coefficient (Wildman–Crippen LogP) is 5.42. The van der Waals surface area contributed by atoms with Gasteiger partial charge in [-0.2, -0.15) is 11.8 Å². The Morgan fingerprint density at radius 2 is 1.76 bits per heavy atom. The molecule has 0 fully saturated rings. The Morgan fingerprint density at radius 1 is 1.06 bits per heavy atom. The van der Waals surface area contributed by atoms with E-state index < -0.39 is 15.9 Å². The number of nitrogens with zero attached hydrogens (tertiary/aromatic N) is 1. The van der Waals surface area contributed by atoms with Crippen molar-refractivity contribution in [2.45, 2.75) is 24.0 Å². The minimum atomic E-state index is -3.97. The maximum Gasteiger partial charge on any atom is 0.264 e. The van der Waals surface area contributed by atoms with Gasteiger partial charge in [0.15, 0.2) is 0 Å². The molecule has 0 aliphatic carbocycles. The molecular weight excluding hydrogens is 495 g/mol. The standard InChI is InChI=1S/C25H26ClFN2O3S2/c1-19-6-12-24(13-7-19)34(31,32)29(23-5-2-4-21(26)16-23)17-25(30)28-14-3-15-33-18-20-8-10-22(27)11-9-20/h2,4-13,16H,3,14-15,17-18H2,1H3,(H,28,30). The first-order chi connectivity index (χ1) is 16.3. The van der Waals surface area contributed by atoms with E-state index in [0.717, 1.165) is 33.4 Å². The fourth-order valence-electron chi connectivity index (χ4n) is 3.14. The summed E-state index contributed by atoms with van der Waals surface area (Å²) >= 11 is 7.77. The van der Waals surface area contributed by atoms with Crippen molar-refractivity contribution in [1.82, 2.24) is 5.32 Å². The lowest BCUT2D eigenvalue weighted by Gasteiger charge is -2.24. The number of rotatable bonds is 11. The van der Waals surface area contributed by atoms with Gasteiger partial charge in [-0.3, -0.25) is 9.10 Å². The van der Waals surface area contributed by atoms with Crippen molar-refractivity contribution in [2.24, 2.45) is 0 Å². The Morgan fingerprint density at radius 3 is 2.44 bits per heavy atom. The highest BCUT2D eigenvalue weighted by Crippen LogP contribution is 2.26. The summed E-state index contributed by atoms with van der Waals surface area (Å²) in [6, 6.07) is 19.3. The van der Waals surface area contributed by atoms with Gasteiger partial charge in [0.05, 0.1) is 10.6 Å². The molecule has 0 aromatic heterocycles. The maximum atomic E-state index is 13.3. The van der Waals surface area contributed by atoms with E-state index in [-0.39, 0.29) is 17.3 Å². The summed E-state index contributed by atoms with van der Waals surface area (Å²) in [7, 11) is -3.97. The van der Waals surface area contributed by atoms with Gasteiger partial charge in [-0.1, -0.05) is 47.5 Å². The monoisotopic (exact) mass is 520 g/mol. The topological polar surface area (TPSA) is 66.5 Å². The molecule has 0 bridgehead atoms. The number of nitrogens with one attached hydrogen (secondary N) is 1. The molecule has 9 heteroatoms. The van der Waals surface area contributed by atoms with Crippen molar-refractivity contribution in [3.05, 3.63) is 94.8 Å². The van der Waals surface area contributed by atoms with Crippen LogP contribution in [0.4, 0.5) is 10.1 Å². The Balaban J connectivity index is 1.58. The van der Waals surface area contributed by atoms with E-state index in [1.54, 1.807) is 54.2 Å². The highest BCUT2D eigenvalue weighted by atomic mass is 35.5. The first-order valence-electron chi connectivity index (χ1n) is 10.7. The summed E-state index contributed by atoms with van der Waals surface area (Å²) in [5.41, 5.74) is 2.29.